The first-order chi connectivity index (χ1) is 31.8. The second-order valence-electron chi connectivity index (χ2n) is 16.8. The van der Waals surface area contributed by atoms with Gasteiger partial charge in [-0.3, -0.25) is 14.2 Å². The summed E-state index contributed by atoms with van der Waals surface area (Å²) >= 11 is 0. The van der Waals surface area contributed by atoms with E-state index < -0.39 is 0 Å². The predicted molar refractivity (Wildman–Crippen MR) is 242 cm³/mol. The van der Waals surface area contributed by atoms with Gasteiger partial charge in [-0.05, 0) is 80.3 Å². The maximum absolute atomic E-state index is 12.5. The molecule has 0 spiro atoms. The maximum Gasteiger partial charge on any atom is 1.00 e. The van der Waals surface area contributed by atoms with E-state index in [9.17, 15) is 9.59 Å². The fourth-order valence-corrected chi connectivity index (χ4v) is 6.66. The third-order valence-corrected chi connectivity index (χ3v) is 11.3. The molecule has 6 heterocycles. The average molecular weight is 947 g/mol. The van der Waals surface area contributed by atoms with Crippen LogP contribution in [0.3, 0.4) is 0 Å². The number of carbonyl (C=O) groups excluding carboxylic acids is 2. The van der Waals surface area contributed by atoms with Crippen molar-refractivity contribution in [3.8, 4) is 22.8 Å². The van der Waals surface area contributed by atoms with Gasteiger partial charge in [0.2, 0.25) is 35.3 Å². The molecule has 0 aliphatic heterocycles. The molecule has 2 fully saturated rings. The van der Waals surface area contributed by atoms with Crippen molar-refractivity contribution in [1.82, 2.24) is 69.7 Å². The average Bonchev–Trinajstić information content (AvgIpc) is 3.82. The number of hydrogen-bond acceptors (Lipinski definition) is 20. The Kier molecular flexibility index (Phi) is 16.7. The summed E-state index contributed by atoms with van der Waals surface area (Å²) in [5, 5.41) is 21.8. The van der Waals surface area contributed by atoms with Crippen LogP contribution in [0.4, 0.5) is 23.3 Å². The van der Waals surface area contributed by atoms with Crippen molar-refractivity contribution < 1.29 is 75.5 Å². The van der Waals surface area contributed by atoms with E-state index in [0.717, 1.165) is 70.4 Å². The smallest absolute Gasteiger partial charge is 0.870 e. The quantitative estimate of drug-likeness (QED) is 0.0802. The molecule has 0 unspecified atom stereocenters. The SMILES string of the molecule is CC1(c2nc([C-]=O)no2)CC1.Cc1cc(-c2ncnc(Nc3cnn(C)c3)n2)ccc1CCC(=O)c1noc(C2(C)CC2)n1.Cc1cc(-c2ncnc(Nc3cnn(C)c3)n2)ccc1CN.[K+].[OH-]. The summed E-state index contributed by atoms with van der Waals surface area (Å²) in [5.74, 6) is 3.33. The van der Waals surface area contributed by atoms with Gasteiger partial charge in [-0.25, -0.2) is 24.9 Å². The minimum atomic E-state index is -0.110. The zero-order valence-corrected chi connectivity index (χ0v) is 41.9. The van der Waals surface area contributed by atoms with Crippen LogP contribution in [0.5, 0.6) is 0 Å². The number of benzene rings is 2. The largest absolute Gasteiger partial charge is 1.00 e. The fourth-order valence-electron chi connectivity index (χ4n) is 6.66. The minimum Gasteiger partial charge on any atom is -0.870 e. The minimum absolute atomic E-state index is 0. The number of ketones is 1. The Balaban J connectivity index is 0.000000187. The molecule has 8 aromatic rings. The van der Waals surface area contributed by atoms with E-state index in [4.69, 9.17) is 14.8 Å². The van der Waals surface area contributed by atoms with Gasteiger partial charge < -0.3 is 35.7 Å². The van der Waals surface area contributed by atoms with E-state index in [1.54, 1.807) is 28.0 Å². The van der Waals surface area contributed by atoms with Gasteiger partial charge in [-0.2, -0.15) is 31.4 Å². The molecule has 0 atom stereocenters. The third kappa shape index (κ3) is 12.8. The fraction of sp³-hybridized carbons (Fsp3) is 0.333. The predicted octanol–water partition coefficient (Wildman–Crippen LogP) is 2.76. The number of nitrogens with one attached hydrogen (secondary N) is 2. The van der Waals surface area contributed by atoms with E-state index in [-0.39, 0.29) is 85.1 Å². The summed E-state index contributed by atoms with van der Waals surface area (Å²) in [5.41, 5.74) is 13.5. The summed E-state index contributed by atoms with van der Waals surface area (Å²) in [6.45, 7) is 8.68. The number of rotatable bonds is 14. The number of carbonyl (C=O) groups is 1. The van der Waals surface area contributed by atoms with Crippen molar-refractivity contribution in [2.24, 2.45) is 19.8 Å². The van der Waals surface area contributed by atoms with E-state index in [0.29, 0.717) is 54.7 Å². The number of Topliss-reactive ketones (excluding diaryl/α,β-unsaturated/α-hetero) is 1. The molecule has 0 bridgehead atoms. The maximum atomic E-state index is 12.5. The van der Waals surface area contributed by atoms with Gasteiger partial charge in [-0.15, -0.1) is 0 Å². The van der Waals surface area contributed by atoms with Gasteiger partial charge >= 0.3 is 51.4 Å². The number of aryl methyl sites for hydroxylation is 5. The van der Waals surface area contributed by atoms with Crippen molar-refractivity contribution >= 4 is 35.3 Å². The van der Waals surface area contributed by atoms with E-state index >= 15 is 0 Å². The van der Waals surface area contributed by atoms with Crippen molar-refractivity contribution in [2.75, 3.05) is 10.6 Å². The van der Waals surface area contributed by atoms with Crippen molar-refractivity contribution in [3.63, 3.8) is 0 Å². The molecular weight excluding hydrogens is 898 g/mol. The van der Waals surface area contributed by atoms with Crippen molar-refractivity contribution in [3.05, 3.63) is 120 Å². The number of hydrogen-bond donors (Lipinski definition) is 3. The van der Waals surface area contributed by atoms with Gasteiger partial charge in [0, 0.05) is 61.4 Å². The van der Waals surface area contributed by atoms with E-state index in [2.05, 4.69) is 77.9 Å². The van der Waals surface area contributed by atoms with Gasteiger partial charge in [-0.1, -0.05) is 48.4 Å². The van der Waals surface area contributed by atoms with Crippen LogP contribution in [-0.4, -0.2) is 87.3 Å². The summed E-state index contributed by atoms with van der Waals surface area (Å²) in [6.07, 6.45) is 16.7. The Hall–Kier alpha value is -6.34. The van der Waals surface area contributed by atoms with Crippen LogP contribution in [0, 0.1) is 13.8 Å². The molecule has 0 amide bonds. The number of nitrogens with two attached hydrogens (primary N) is 1. The number of nitrogens with zero attached hydrogens (tertiary/aromatic N) is 14. The van der Waals surface area contributed by atoms with Gasteiger partial charge in [0.05, 0.1) is 29.6 Å². The Morgan fingerprint density at radius 3 is 1.68 bits per heavy atom. The molecular formula is C45H49KN17O5-. The van der Waals surface area contributed by atoms with Crippen LogP contribution in [0.2, 0.25) is 0 Å². The normalized spacial score (nSPS) is 13.6. The summed E-state index contributed by atoms with van der Waals surface area (Å²) < 4.78 is 13.6. The van der Waals surface area contributed by atoms with Crippen molar-refractivity contribution in [1.29, 1.82) is 0 Å². The Morgan fingerprint density at radius 2 is 1.24 bits per heavy atom. The van der Waals surface area contributed by atoms with Gasteiger partial charge in [0.15, 0.2) is 11.6 Å². The molecule has 23 heteroatoms. The second-order valence-corrected chi connectivity index (χ2v) is 16.8. The molecule has 22 nitrogen and oxygen atoms in total. The molecule has 2 saturated carbocycles. The summed E-state index contributed by atoms with van der Waals surface area (Å²) in [6, 6.07) is 12.0. The Labute approximate surface area is 433 Å². The standard InChI is InChI=1S/C23H24N8O2.C15H17N7.C7H7N2O2.K.H2O/c1-14-10-16(19-24-13-25-22(29-19)27-17-11-26-31(3)12-17)5-4-15(14)6-7-18(32)20-28-21(33-30-20)23(2)8-9-23;1-10-5-11(3-4-12(10)6-16)14-17-9-18-15(21-14)20-13-7-19-22(2)8-13;1-7(2-3-7)6-8-5(4-10)9-11-6;;/h4-5,10-13H,6-9H2,1-3H3,(H,24,25,27,29);3-5,7-9H,6,16H2,1-2H3,(H,17,18,20,21);2-3H2,1H3;;1H2/q;;-1;+1;/p-1. The topological polar surface area (TPSA) is 305 Å². The molecule has 2 aromatic carbocycles. The zero-order valence-electron chi connectivity index (χ0n) is 38.8. The van der Waals surface area contributed by atoms with Gasteiger partial charge in [0.25, 0.3) is 0 Å². The van der Waals surface area contributed by atoms with E-state index in [1.165, 1.54) is 12.7 Å². The van der Waals surface area contributed by atoms with Crippen molar-refractivity contribution in [2.45, 2.75) is 83.6 Å². The molecule has 346 valence electrons. The first-order valence-electron chi connectivity index (χ1n) is 21.2. The third-order valence-electron chi connectivity index (χ3n) is 11.3. The van der Waals surface area contributed by atoms with Crippen LogP contribution in [0.1, 0.15) is 96.4 Å². The Morgan fingerprint density at radius 1 is 0.735 bits per heavy atom. The number of anilines is 4. The summed E-state index contributed by atoms with van der Waals surface area (Å²) in [7, 11) is 3.70. The Bertz CT molecular complexity index is 2990. The molecule has 2 aliphatic carbocycles. The molecule has 6 aromatic heterocycles. The first kappa shape index (κ1) is 51.1. The number of aromatic nitrogens is 14. The monoisotopic (exact) mass is 946 g/mol. The zero-order chi connectivity index (χ0) is 46.4. The van der Waals surface area contributed by atoms with Crippen LogP contribution in [0.15, 0.2) is 82.9 Å². The first-order valence-corrected chi connectivity index (χ1v) is 21.2. The van der Waals surface area contributed by atoms with Crippen LogP contribution in [0.25, 0.3) is 22.8 Å². The van der Waals surface area contributed by atoms with Crippen LogP contribution >= 0.6 is 0 Å². The molecule has 68 heavy (non-hydrogen) atoms. The molecule has 10 rings (SSSR count). The van der Waals surface area contributed by atoms with Crippen LogP contribution in [-0.2, 0) is 42.7 Å². The molecule has 2 aliphatic rings. The van der Waals surface area contributed by atoms with Gasteiger partial charge in [0.1, 0.15) is 12.7 Å². The molecule has 5 N–H and O–H groups in total. The van der Waals surface area contributed by atoms with Crippen LogP contribution < -0.4 is 67.8 Å². The molecule has 0 saturated heterocycles. The molecule has 0 radical (unpaired) electrons. The van der Waals surface area contributed by atoms with E-state index in [1.807, 2.05) is 83.7 Å². The summed E-state index contributed by atoms with van der Waals surface area (Å²) in [4.78, 5) is 56.6. The second kappa shape index (κ2) is 22.2.